The first-order valence-electron chi connectivity index (χ1n) is 6.06. The molecule has 1 N–H and O–H groups in total. The zero-order valence-electron chi connectivity index (χ0n) is 11.7. The van der Waals surface area contributed by atoms with Crippen LogP contribution in [0.15, 0.2) is 28.9 Å². The second kappa shape index (κ2) is 5.10. The lowest BCUT2D eigenvalue weighted by Gasteiger charge is -2.25. The molecule has 0 spiro atoms. The van der Waals surface area contributed by atoms with Crippen LogP contribution in [0.1, 0.15) is 25.5 Å². The van der Waals surface area contributed by atoms with Crippen molar-refractivity contribution in [2.75, 3.05) is 0 Å². The summed E-state index contributed by atoms with van der Waals surface area (Å²) in [5.74, 6) is -1.13. The number of nitrogens with one attached hydrogen (secondary N) is 1. The largest absolute Gasteiger partial charge is 0.385 e. The molecule has 0 aliphatic carbocycles. The van der Waals surface area contributed by atoms with Crippen LogP contribution in [0.2, 0.25) is 0 Å². The Labute approximate surface area is 120 Å². The fourth-order valence-electron chi connectivity index (χ4n) is 2.46. The monoisotopic (exact) mass is 284 g/mol. The average molecular weight is 284 g/mol. The molecule has 0 fully saturated rings. The Kier molecular flexibility index (Phi) is 3.47. The van der Waals surface area contributed by atoms with E-state index in [-0.39, 0.29) is 22.7 Å². The molecular weight excluding hydrogens is 272 g/mol. The third kappa shape index (κ3) is 2.13. The Bertz CT molecular complexity index is 736. The summed E-state index contributed by atoms with van der Waals surface area (Å²) in [4.78, 5) is 14.3. The molecule has 0 bridgehead atoms. The number of aryl methyl sites for hydroxylation is 1. The Hall–Kier alpha value is -3.13. The molecule has 1 aliphatic heterocycles. The SMILES string of the molecule is CC1=C(C#N)C(c2c([N+](=O)[O-])ncn2C)C(C#N)=C(C)N1. The topological polar surface area (TPSA) is 121 Å². The molecule has 8 heteroatoms. The van der Waals surface area contributed by atoms with Gasteiger partial charge in [0.15, 0.2) is 0 Å². The fraction of sp³-hybridized carbons (Fsp3) is 0.308. The van der Waals surface area contributed by atoms with E-state index in [9.17, 15) is 20.6 Å². The van der Waals surface area contributed by atoms with Gasteiger partial charge in [-0.2, -0.15) is 10.5 Å². The highest BCUT2D eigenvalue weighted by molar-refractivity contribution is 5.56. The summed E-state index contributed by atoms with van der Waals surface area (Å²) < 4.78 is 1.48. The second-order valence-electron chi connectivity index (χ2n) is 4.68. The van der Waals surface area contributed by atoms with Gasteiger partial charge in [0.2, 0.25) is 6.33 Å². The molecule has 21 heavy (non-hydrogen) atoms. The van der Waals surface area contributed by atoms with E-state index in [1.165, 1.54) is 10.9 Å². The molecule has 2 heterocycles. The van der Waals surface area contributed by atoms with Crippen LogP contribution in [0.3, 0.4) is 0 Å². The quantitative estimate of drug-likeness (QED) is 0.650. The number of hydrogen-bond donors (Lipinski definition) is 1. The zero-order valence-corrected chi connectivity index (χ0v) is 11.7. The van der Waals surface area contributed by atoms with Gasteiger partial charge < -0.3 is 20.0 Å². The van der Waals surface area contributed by atoms with Gasteiger partial charge in [-0.25, -0.2) is 0 Å². The van der Waals surface area contributed by atoms with Gasteiger partial charge in [-0.05, 0) is 23.8 Å². The lowest BCUT2D eigenvalue weighted by Crippen LogP contribution is -2.25. The van der Waals surface area contributed by atoms with Crippen LogP contribution in [0.25, 0.3) is 0 Å². The van der Waals surface area contributed by atoms with Crippen LogP contribution in [-0.2, 0) is 7.05 Å². The van der Waals surface area contributed by atoms with Crippen LogP contribution in [0, 0.1) is 32.8 Å². The highest BCUT2D eigenvalue weighted by Gasteiger charge is 2.37. The summed E-state index contributed by atoms with van der Waals surface area (Å²) in [6.07, 6.45) is 1.31. The minimum atomic E-state index is -0.783. The molecule has 1 aromatic heterocycles. The summed E-state index contributed by atoms with van der Waals surface area (Å²) >= 11 is 0. The van der Waals surface area contributed by atoms with Crippen molar-refractivity contribution in [3.8, 4) is 12.1 Å². The number of nitrogens with zero attached hydrogens (tertiary/aromatic N) is 5. The summed E-state index contributed by atoms with van der Waals surface area (Å²) in [5.41, 5.74) is 1.95. The van der Waals surface area contributed by atoms with E-state index in [1.54, 1.807) is 20.9 Å². The van der Waals surface area contributed by atoms with E-state index in [2.05, 4.69) is 10.3 Å². The number of dihydropyridines is 1. The van der Waals surface area contributed by atoms with Crippen molar-refractivity contribution >= 4 is 5.82 Å². The highest BCUT2D eigenvalue weighted by Crippen LogP contribution is 2.40. The lowest BCUT2D eigenvalue weighted by molar-refractivity contribution is -0.390. The van der Waals surface area contributed by atoms with Crippen molar-refractivity contribution < 1.29 is 4.92 Å². The number of hydrogen-bond acceptors (Lipinski definition) is 6. The number of aromatic nitrogens is 2. The van der Waals surface area contributed by atoms with E-state index in [0.717, 1.165) is 0 Å². The normalized spacial score (nSPS) is 15.5. The Balaban J connectivity index is 2.78. The third-order valence-electron chi connectivity index (χ3n) is 3.41. The number of rotatable bonds is 2. The van der Waals surface area contributed by atoms with Crippen LogP contribution in [0.4, 0.5) is 5.82 Å². The molecule has 0 saturated heterocycles. The molecule has 0 unspecified atom stereocenters. The van der Waals surface area contributed by atoms with Crippen molar-refractivity contribution in [2.45, 2.75) is 19.8 Å². The molecular formula is C13H12N6O2. The van der Waals surface area contributed by atoms with E-state index >= 15 is 0 Å². The first-order valence-corrected chi connectivity index (χ1v) is 6.06. The van der Waals surface area contributed by atoms with Gasteiger partial charge in [0.05, 0.1) is 29.2 Å². The predicted octanol–water partition coefficient (Wildman–Crippen LogP) is 1.61. The van der Waals surface area contributed by atoms with Gasteiger partial charge in [0.25, 0.3) is 0 Å². The first kappa shape index (κ1) is 14.3. The van der Waals surface area contributed by atoms with Gasteiger partial charge in [0.1, 0.15) is 5.69 Å². The highest BCUT2D eigenvalue weighted by atomic mass is 16.6. The molecule has 2 rings (SSSR count). The van der Waals surface area contributed by atoms with Gasteiger partial charge in [-0.15, -0.1) is 0 Å². The van der Waals surface area contributed by atoms with E-state index in [1.807, 2.05) is 12.1 Å². The Morgan fingerprint density at radius 2 is 1.86 bits per heavy atom. The maximum atomic E-state index is 11.1. The average Bonchev–Trinajstić information content (AvgIpc) is 2.79. The lowest BCUT2D eigenvalue weighted by atomic mass is 9.84. The Morgan fingerprint density at radius 1 is 1.33 bits per heavy atom. The van der Waals surface area contributed by atoms with Gasteiger partial charge in [-0.1, -0.05) is 0 Å². The maximum absolute atomic E-state index is 11.1. The van der Waals surface area contributed by atoms with Crippen LogP contribution >= 0.6 is 0 Å². The van der Waals surface area contributed by atoms with Crippen molar-refractivity contribution in [2.24, 2.45) is 7.05 Å². The molecule has 0 radical (unpaired) electrons. The molecule has 0 amide bonds. The second-order valence-corrected chi connectivity index (χ2v) is 4.68. The van der Waals surface area contributed by atoms with Crippen molar-refractivity contribution in [1.29, 1.82) is 10.5 Å². The minimum absolute atomic E-state index is 0.230. The van der Waals surface area contributed by atoms with Gasteiger partial charge in [-0.3, -0.25) is 0 Å². The maximum Gasteiger partial charge on any atom is 0.385 e. The van der Waals surface area contributed by atoms with E-state index in [4.69, 9.17) is 0 Å². The first-order chi connectivity index (χ1) is 9.92. The third-order valence-corrected chi connectivity index (χ3v) is 3.41. The van der Waals surface area contributed by atoms with Crippen LogP contribution < -0.4 is 5.32 Å². The number of imidazole rings is 1. The summed E-state index contributed by atoms with van der Waals surface area (Å²) in [7, 11) is 1.60. The summed E-state index contributed by atoms with van der Waals surface area (Å²) in [6.45, 7) is 3.40. The van der Waals surface area contributed by atoms with Gasteiger partial charge >= 0.3 is 5.82 Å². The van der Waals surface area contributed by atoms with E-state index in [0.29, 0.717) is 11.4 Å². The van der Waals surface area contributed by atoms with Crippen LogP contribution in [0.5, 0.6) is 0 Å². The summed E-state index contributed by atoms with van der Waals surface area (Å²) in [6, 6.07) is 4.08. The smallest absolute Gasteiger partial charge is 0.361 e. The molecule has 8 nitrogen and oxygen atoms in total. The van der Waals surface area contributed by atoms with Crippen LogP contribution in [-0.4, -0.2) is 14.5 Å². The van der Waals surface area contributed by atoms with Crippen molar-refractivity contribution in [3.05, 3.63) is 44.7 Å². The number of nitro groups is 1. The molecule has 106 valence electrons. The fourth-order valence-corrected chi connectivity index (χ4v) is 2.46. The van der Waals surface area contributed by atoms with Crippen molar-refractivity contribution in [1.82, 2.24) is 14.9 Å². The molecule has 1 aliphatic rings. The predicted molar refractivity (Wildman–Crippen MR) is 72.4 cm³/mol. The zero-order chi connectivity index (χ0) is 15.7. The minimum Gasteiger partial charge on any atom is -0.361 e. The van der Waals surface area contributed by atoms with E-state index < -0.39 is 10.8 Å². The molecule has 0 aromatic carbocycles. The molecule has 1 aromatic rings. The van der Waals surface area contributed by atoms with Gasteiger partial charge in [0, 0.05) is 18.4 Å². The number of nitriles is 2. The Morgan fingerprint density at radius 3 is 2.29 bits per heavy atom. The number of allylic oxidation sites excluding steroid dienone is 4. The molecule has 0 atom stereocenters. The standard InChI is InChI=1S/C13H12N6O2/c1-7-9(4-14)11(10(5-15)8(2)17-7)12-13(19(20)21)16-6-18(12)3/h6,11,17H,1-3H3. The summed E-state index contributed by atoms with van der Waals surface area (Å²) in [5, 5.41) is 32.8. The molecule has 0 saturated carbocycles. The van der Waals surface area contributed by atoms with Crippen molar-refractivity contribution in [3.63, 3.8) is 0 Å².